The molecule has 7 heteroatoms. The van der Waals surface area contributed by atoms with Gasteiger partial charge in [0.1, 0.15) is 24.0 Å². The molecule has 0 spiro atoms. The number of aromatic nitrogens is 1. The number of anilines is 1. The first-order chi connectivity index (χ1) is 13.5. The molecule has 0 unspecified atom stereocenters. The zero-order valence-corrected chi connectivity index (χ0v) is 15.9. The van der Waals surface area contributed by atoms with E-state index in [1.165, 1.54) is 0 Å². The van der Waals surface area contributed by atoms with E-state index in [9.17, 15) is 4.79 Å². The number of benzene rings is 2. The van der Waals surface area contributed by atoms with E-state index in [1.54, 1.807) is 35.4 Å². The number of nitrogen functional groups attached to an aromatic ring is 1. The first kappa shape index (κ1) is 19.2. The van der Waals surface area contributed by atoms with Gasteiger partial charge < -0.3 is 20.7 Å². The van der Waals surface area contributed by atoms with Crippen LogP contribution in [0.4, 0.5) is 5.82 Å². The van der Waals surface area contributed by atoms with Crippen LogP contribution in [-0.2, 0) is 0 Å². The van der Waals surface area contributed by atoms with Gasteiger partial charge in [-0.1, -0.05) is 18.2 Å². The molecule has 7 nitrogen and oxygen atoms in total. The number of nitrogens with zero attached hydrogens (tertiary/aromatic N) is 2. The molecule has 0 fully saturated rings. The van der Waals surface area contributed by atoms with Gasteiger partial charge in [0, 0.05) is 36.8 Å². The van der Waals surface area contributed by atoms with Crippen molar-refractivity contribution >= 4 is 28.3 Å². The Morgan fingerprint density at radius 1 is 1.14 bits per heavy atom. The summed E-state index contributed by atoms with van der Waals surface area (Å²) in [7, 11) is 3.62. The summed E-state index contributed by atoms with van der Waals surface area (Å²) in [5.74, 6) is 1.35. The first-order valence-electron chi connectivity index (χ1n) is 8.87. The van der Waals surface area contributed by atoms with Crippen LogP contribution in [0.3, 0.4) is 0 Å². The van der Waals surface area contributed by atoms with Crippen molar-refractivity contribution in [1.29, 1.82) is 5.41 Å². The fourth-order valence-corrected chi connectivity index (χ4v) is 2.73. The third-order valence-corrected chi connectivity index (χ3v) is 4.29. The summed E-state index contributed by atoms with van der Waals surface area (Å²) in [6.45, 7) is 0.704. The molecule has 3 aromatic rings. The molecule has 0 atom stereocenters. The second kappa shape index (κ2) is 8.39. The first-order valence-corrected chi connectivity index (χ1v) is 8.87. The molecule has 144 valence electrons. The monoisotopic (exact) mass is 377 g/mol. The van der Waals surface area contributed by atoms with Gasteiger partial charge in [0.05, 0.1) is 6.54 Å². The van der Waals surface area contributed by atoms with Crippen molar-refractivity contribution in [1.82, 2.24) is 15.2 Å². The Balaban J connectivity index is 1.52. The minimum absolute atomic E-state index is 0.182. The van der Waals surface area contributed by atoms with Crippen LogP contribution in [-0.4, -0.2) is 48.9 Å². The molecule has 4 N–H and O–H groups in total. The van der Waals surface area contributed by atoms with Crippen LogP contribution in [0.25, 0.3) is 10.8 Å². The number of rotatable bonds is 6. The lowest BCUT2D eigenvalue weighted by atomic mass is 10.1. The molecule has 0 bridgehead atoms. The maximum Gasteiger partial charge on any atom is 0.251 e. The Labute approximate surface area is 163 Å². The highest BCUT2D eigenvalue weighted by Crippen LogP contribution is 2.23. The second-order valence-electron chi connectivity index (χ2n) is 6.50. The molecule has 0 aliphatic carbocycles. The average molecular weight is 377 g/mol. The van der Waals surface area contributed by atoms with E-state index in [1.807, 2.05) is 38.4 Å². The topological polar surface area (TPSA) is 104 Å². The molecular weight excluding hydrogens is 354 g/mol. The normalized spacial score (nSPS) is 10.5. The molecule has 1 amide bonds. The van der Waals surface area contributed by atoms with Gasteiger partial charge >= 0.3 is 0 Å². The van der Waals surface area contributed by atoms with Crippen LogP contribution in [0.2, 0.25) is 0 Å². The molecule has 0 saturated heterocycles. The lowest BCUT2D eigenvalue weighted by molar-refractivity contribution is 0.0947. The van der Waals surface area contributed by atoms with Crippen LogP contribution < -0.4 is 15.8 Å². The predicted molar refractivity (Wildman–Crippen MR) is 111 cm³/mol. The van der Waals surface area contributed by atoms with Crippen LogP contribution >= 0.6 is 0 Å². The zero-order valence-electron chi connectivity index (χ0n) is 15.9. The molecule has 0 aliphatic heterocycles. The predicted octanol–water partition coefficient (Wildman–Crippen LogP) is 2.51. The summed E-state index contributed by atoms with van der Waals surface area (Å²) in [5, 5.41) is 12.6. The minimum atomic E-state index is -0.182. The van der Waals surface area contributed by atoms with Gasteiger partial charge in [-0.3, -0.25) is 10.2 Å². The van der Waals surface area contributed by atoms with E-state index >= 15 is 0 Å². The standard InChI is InChI=1S/C21H23N5O2/c1-26(2)20(23)15-3-5-16(6-4-15)21(27)25-11-12-28-17-8-7-14-9-10-24-19(22)18(14)13-17/h3-10,13,23H,11-12H2,1-2H3,(H2,22,24)(H,25,27). The van der Waals surface area contributed by atoms with Crippen molar-refractivity contribution in [2.24, 2.45) is 0 Å². The Hall–Kier alpha value is -3.61. The van der Waals surface area contributed by atoms with Gasteiger partial charge in [0.25, 0.3) is 5.91 Å². The Morgan fingerprint density at radius 3 is 2.57 bits per heavy atom. The van der Waals surface area contributed by atoms with E-state index < -0.39 is 0 Å². The molecule has 3 rings (SSSR count). The van der Waals surface area contributed by atoms with Gasteiger partial charge in [0.15, 0.2) is 0 Å². The van der Waals surface area contributed by atoms with Gasteiger partial charge in [0.2, 0.25) is 0 Å². The fourth-order valence-electron chi connectivity index (χ4n) is 2.73. The van der Waals surface area contributed by atoms with E-state index in [-0.39, 0.29) is 5.91 Å². The molecule has 0 radical (unpaired) electrons. The van der Waals surface area contributed by atoms with Crippen molar-refractivity contribution in [3.8, 4) is 5.75 Å². The summed E-state index contributed by atoms with van der Waals surface area (Å²) in [4.78, 5) is 18.0. The zero-order chi connectivity index (χ0) is 20.1. The van der Waals surface area contributed by atoms with E-state index in [0.717, 1.165) is 16.3 Å². The Kier molecular flexibility index (Phi) is 5.74. The van der Waals surface area contributed by atoms with Crippen molar-refractivity contribution in [3.05, 3.63) is 65.9 Å². The van der Waals surface area contributed by atoms with Gasteiger partial charge in [-0.25, -0.2) is 4.98 Å². The number of ether oxygens (including phenoxy) is 1. The molecule has 0 saturated carbocycles. The number of amidine groups is 1. The number of nitrogens with one attached hydrogen (secondary N) is 2. The molecular formula is C21H23N5O2. The minimum Gasteiger partial charge on any atom is -0.492 e. The van der Waals surface area contributed by atoms with Gasteiger partial charge in [-0.15, -0.1) is 0 Å². The van der Waals surface area contributed by atoms with Crippen molar-refractivity contribution in [2.75, 3.05) is 33.0 Å². The number of carbonyl (C=O) groups excluding carboxylic acids is 1. The summed E-state index contributed by atoms with van der Waals surface area (Å²) < 4.78 is 5.70. The van der Waals surface area contributed by atoms with Gasteiger partial charge in [-0.05, 0) is 35.7 Å². The number of nitrogens with two attached hydrogens (primary N) is 1. The number of carbonyl (C=O) groups is 1. The largest absolute Gasteiger partial charge is 0.492 e. The van der Waals surface area contributed by atoms with E-state index in [4.69, 9.17) is 15.9 Å². The smallest absolute Gasteiger partial charge is 0.251 e. The Morgan fingerprint density at radius 2 is 1.86 bits per heavy atom. The number of hydrogen-bond acceptors (Lipinski definition) is 5. The summed E-state index contributed by atoms with van der Waals surface area (Å²) in [6.07, 6.45) is 1.67. The summed E-state index contributed by atoms with van der Waals surface area (Å²) in [5.41, 5.74) is 7.19. The summed E-state index contributed by atoms with van der Waals surface area (Å²) >= 11 is 0. The molecule has 28 heavy (non-hydrogen) atoms. The van der Waals surface area contributed by atoms with E-state index in [0.29, 0.717) is 36.1 Å². The number of amides is 1. The highest BCUT2D eigenvalue weighted by molar-refractivity contribution is 5.98. The van der Waals surface area contributed by atoms with Crippen LogP contribution in [0.5, 0.6) is 5.75 Å². The van der Waals surface area contributed by atoms with Gasteiger partial charge in [-0.2, -0.15) is 0 Å². The number of pyridine rings is 1. The number of fused-ring (bicyclic) bond motifs is 1. The van der Waals surface area contributed by atoms with E-state index in [2.05, 4.69) is 10.3 Å². The third-order valence-electron chi connectivity index (χ3n) is 4.29. The molecule has 0 aliphatic rings. The maximum absolute atomic E-state index is 12.2. The third kappa shape index (κ3) is 4.37. The lowest BCUT2D eigenvalue weighted by Crippen LogP contribution is -2.28. The average Bonchev–Trinajstić information content (AvgIpc) is 2.71. The van der Waals surface area contributed by atoms with Crippen molar-refractivity contribution in [2.45, 2.75) is 0 Å². The highest BCUT2D eigenvalue weighted by atomic mass is 16.5. The SMILES string of the molecule is CN(C)C(=N)c1ccc(C(=O)NCCOc2ccc3ccnc(N)c3c2)cc1. The second-order valence-corrected chi connectivity index (χ2v) is 6.50. The van der Waals surface area contributed by atoms with Crippen LogP contribution in [0.1, 0.15) is 15.9 Å². The Bertz CT molecular complexity index is 999. The lowest BCUT2D eigenvalue weighted by Gasteiger charge is -2.14. The maximum atomic E-state index is 12.2. The van der Waals surface area contributed by atoms with Crippen molar-refractivity contribution in [3.63, 3.8) is 0 Å². The summed E-state index contributed by atoms with van der Waals surface area (Å²) in [6, 6.07) is 14.5. The highest BCUT2D eigenvalue weighted by Gasteiger charge is 2.08. The van der Waals surface area contributed by atoms with Crippen LogP contribution in [0, 0.1) is 5.41 Å². The molecule has 2 aromatic carbocycles. The van der Waals surface area contributed by atoms with Crippen LogP contribution in [0.15, 0.2) is 54.7 Å². The van der Waals surface area contributed by atoms with Crippen molar-refractivity contribution < 1.29 is 9.53 Å². The quantitative estimate of drug-likeness (QED) is 0.348. The molecule has 1 aromatic heterocycles. The fraction of sp³-hybridized carbons (Fsp3) is 0.190. The molecule has 1 heterocycles. The number of hydrogen-bond donors (Lipinski definition) is 3.